The fourth-order valence-electron chi connectivity index (χ4n) is 2.20. The molecule has 0 N–H and O–H groups in total. The lowest BCUT2D eigenvalue weighted by molar-refractivity contribution is -0.702. The number of ether oxygens (including phenoxy) is 1. The third kappa shape index (κ3) is 4.40. The highest BCUT2D eigenvalue weighted by Gasteiger charge is 2.15. The molecule has 118 valence electrons. The van der Waals surface area contributed by atoms with Crippen LogP contribution in [0.5, 0.6) is 5.75 Å². The molecule has 0 unspecified atom stereocenters. The van der Waals surface area contributed by atoms with Crippen molar-refractivity contribution >= 4 is 5.69 Å². The number of pyridine rings is 1. The zero-order valence-electron chi connectivity index (χ0n) is 12.8. The number of halogens is 1. The highest BCUT2D eigenvalue weighted by Crippen LogP contribution is 2.31. The molecule has 0 saturated carbocycles. The van der Waals surface area contributed by atoms with Crippen molar-refractivity contribution in [3.8, 4) is 16.9 Å². The summed E-state index contributed by atoms with van der Waals surface area (Å²) in [5.41, 5.74) is 1.88. The molecule has 1 aromatic heterocycles. The number of nitrogens with zero attached hydrogens (tertiary/aromatic N) is 2. The molecule has 5 nitrogen and oxygen atoms in total. The van der Waals surface area contributed by atoms with Crippen LogP contribution in [0.15, 0.2) is 42.7 Å². The molecule has 0 aliphatic heterocycles. The number of rotatable bonds is 5. The minimum Gasteiger partial charge on any atom is -1.00 e. The maximum absolute atomic E-state index is 10.9. The van der Waals surface area contributed by atoms with Gasteiger partial charge in [0.2, 0.25) is 0 Å². The van der Waals surface area contributed by atoms with Crippen LogP contribution < -0.4 is 33.3 Å². The zero-order chi connectivity index (χ0) is 15.4. The Labute approximate surface area is 147 Å². The molecule has 0 atom stereocenters. The van der Waals surface area contributed by atoms with Gasteiger partial charge in [-0.1, -0.05) is 13.8 Å². The van der Waals surface area contributed by atoms with Crippen LogP contribution >= 0.6 is 0 Å². The standard InChI is InChI=1S/C16H19N2O3.HI/c1-12(2)11-17-8-6-13(7-9-17)14-4-5-15(18(19)20)16(10-14)21-3;/h4-10,12H,11H2,1-3H3;1H/q+1;/p-1. The maximum atomic E-state index is 10.9. The van der Waals surface area contributed by atoms with E-state index < -0.39 is 4.92 Å². The molecule has 22 heavy (non-hydrogen) atoms. The predicted octanol–water partition coefficient (Wildman–Crippen LogP) is 0.218. The average molecular weight is 414 g/mol. The van der Waals surface area contributed by atoms with Gasteiger partial charge >= 0.3 is 5.69 Å². The molecule has 0 bridgehead atoms. The second-order valence-corrected chi connectivity index (χ2v) is 5.32. The Morgan fingerprint density at radius 2 is 1.82 bits per heavy atom. The molecule has 0 aliphatic rings. The van der Waals surface area contributed by atoms with Crippen molar-refractivity contribution in [2.45, 2.75) is 20.4 Å². The molecule has 1 heterocycles. The zero-order valence-corrected chi connectivity index (χ0v) is 15.0. The minimum atomic E-state index is -0.440. The molecule has 0 saturated heterocycles. The predicted molar refractivity (Wildman–Crippen MR) is 80.1 cm³/mol. The van der Waals surface area contributed by atoms with Crippen molar-refractivity contribution < 1.29 is 38.2 Å². The fraction of sp³-hybridized carbons (Fsp3) is 0.312. The van der Waals surface area contributed by atoms with Gasteiger partial charge in [-0.3, -0.25) is 10.1 Å². The first-order valence-electron chi connectivity index (χ1n) is 6.83. The Kier molecular flexibility index (Phi) is 6.73. The summed E-state index contributed by atoms with van der Waals surface area (Å²) in [6, 6.07) is 8.92. The van der Waals surface area contributed by atoms with Gasteiger partial charge in [0, 0.05) is 24.1 Å². The highest BCUT2D eigenvalue weighted by molar-refractivity contribution is 5.67. The summed E-state index contributed by atoms with van der Waals surface area (Å²) >= 11 is 0. The summed E-state index contributed by atoms with van der Waals surface area (Å²) < 4.78 is 7.22. The molecular formula is C16H19IN2O3. The maximum Gasteiger partial charge on any atom is 0.310 e. The quantitative estimate of drug-likeness (QED) is 0.305. The Bertz CT molecular complexity index is 642. The molecular weight excluding hydrogens is 395 g/mol. The lowest BCUT2D eigenvalue weighted by atomic mass is 10.1. The Balaban J connectivity index is 0.00000242. The van der Waals surface area contributed by atoms with E-state index in [0.29, 0.717) is 5.92 Å². The van der Waals surface area contributed by atoms with Gasteiger partial charge in [-0.05, 0) is 23.3 Å². The number of nitro groups is 1. The van der Waals surface area contributed by atoms with E-state index in [0.717, 1.165) is 17.7 Å². The van der Waals surface area contributed by atoms with Crippen LogP contribution in [0.2, 0.25) is 0 Å². The summed E-state index contributed by atoms with van der Waals surface area (Å²) in [4.78, 5) is 10.5. The lowest BCUT2D eigenvalue weighted by Gasteiger charge is -2.06. The van der Waals surface area contributed by atoms with Gasteiger partial charge in [-0.25, -0.2) is 4.57 Å². The second-order valence-electron chi connectivity index (χ2n) is 5.32. The second kappa shape index (κ2) is 8.07. The van der Waals surface area contributed by atoms with Crippen LogP contribution in [0, 0.1) is 16.0 Å². The average Bonchev–Trinajstić information content (AvgIpc) is 2.46. The van der Waals surface area contributed by atoms with E-state index >= 15 is 0 Å². The number of hydrogen-bond acceptors (Lipinski definition) is 3. The van der Waals surface area contributed by atoms with E-state index in [1.165, 1.54) is 13.2 Å². The Hall–Kier alpha value is -1.70. The molecule has 0 aliphatic carbocycles. The molecule has 0 radical (unpaired) electrons. The van der Waals surface area contributed by atoms with Crippen molar-refractivity contribution in [2.75, 3.05) is 7.11 Å². The van der Waals surface area contributed by atoms with Crippen LogP contribution in [-0.4, -0.2) is 12.0 Å². The summed E-state index contributed by atoms with van der Waals surface area (Å²) in [5.74, 6) is 0.858. The number of hydrogen-bond donors (Lipinski definition) is 0. The first kappa shape index (κ1) is 18.3. The smallest absolute Gasteiger partial charge is 0.310 e. The molecule has 2 aromatic rings. The molecule has 0 amide bonds. The largest absolute Gasteiger partial charge is 1.00 e. The molecule has 1 aromatic carbocycles. The van der Waals surface area contributed by atoms with Gasteiger partial charge in [-0.15, -0.1) is 0 Å². The third-order valence-electron chi connectivity index (χ3n) is 3.18. The number of methoxy groups -OCH3 is 1. The Morgan fingerprint density at radius 1 is 1.18 bits per heavy atom. The third-order valence-corrected chi connectivity index (χ3v) is 3.18. The van der Waals surface area contributed by atoms with Gasteiger partial charge in [-0.2, -0.15) is 0 Å². The van der Waals surface area contributed by atoms with Gasteiger partial charge in [0.05, 0.1) is 12.0 Å². The van der Waals surface area contributed by atoms with Gasteiger partial charge in [0.15, 0.2) is 24.7 Å². The van der Waals surface area contributed by atoms with E-state index in [1.807, 2.05) is 24.5 Å². The van der Waals surface area contributed by atoms with Crippen LogP contribution in [0.4, 0.5) is 5.69 Å². The lowest BCUT2D eigenvalue weighted by Crippen LogP contribution is -3.00. The summed E-state index contributed by atoms with van der Waals surface area (Å²) in [5, 5.41) is 10.9. The first-order chi connectivity index (χ1) is 10.0. The van der Waals surface area contributed by atoms with Gasteiger partial charge in [0.25, 0.3) is 0 Å². The van der Waals surface area contributed by atoms with E-state index in [1.54, 1.807) is 12.1 Å². The Morgan fingerprint density at radius 3 is 2.32 bits per heavy atom. The van der Waals surface area contributed by atoms with Gasteiger partial charge in [0.1, 0.15) is 0 Å². The van der Waals surface area contributed by atoms with Crippen molar-refractivity contribution in [2.24, 2.45) is 5.92 Å². The SMILES string of the molecule is COc1cc(-c2cc[n+](CC(C)C)cc2)ccc1[N+](=O)[O-].[I-]. The van der Waals surface area contributed by atoms with E-state index in [4.69, 9.17) is 4.74 Å². The van der Waals surface area contributed by atoms with Gasteiger partial charge < -0.3 is 28.7 Å². The van der Waals surface area contributed by atoms with Crippen molar-refractivity contribution in [3.63, 3.8) is 0 Å². The molecule has 0 spiro atoms. The first-order valence-corrected chi connectivity index (χ1v) is 6.83. The van der Waals surface area contributed by atoms with Crippen LogP contribution in [0.25, 0.3) is 11.1 Å². The summed E-state index contributed by atoms with van der Waals surface area (Å²) in [6.07, 6.45) is 4.03. The molecule has 0 fully saturated rings. The monoisotopic (exact) mass is 414 g/mol. The summed E-state index contributed by atoms with van der Waals surface area (Å²) in [6.45, 7) is 5.30. The summed E-state index contributed by atoms with van der Waals surface area (Å²) in [7, 11) is 1.44. The van der Waals surface area contributed by atoms with E-state index in [9.17, 15) is 10.1 Å². The van der Waals surface area contributed by atoms with Crippen molar-refractivity contribution in [1.29, 1.82) is 0 Å². The normalized spacial score (nSPS) is 10.2. The number of nitro benzene ring substituents is 1. The van der Waals surface area contributed by atoms with Crippen LogP contribution in [0.1, 0.15) is 13.8 Å². The topological polar surface area (TPSA) is 56.2 Å². The van der Waals surface area contributed by atoms with Crippen LogP contribution in [0.3, 0.4) is 0 Å². The highest BCUT2D eigenvalue weighted by atomic mass is 127. The van der Waals surface area contributed by atoms with Crippen molar-refractivity contribution in [1.82, 2.24) is 0 Å². The molecule has 2 rings (SSSR count). The van der Waals surface area contributed by atoms with Crippen molar-refractivity contribution in [3.05, 3.63) is 52.8 Å². The number of aromatic nitrogens is 1. The van der Waals surface area contributed by atoms with E-state index in [-0.39, 0.29) is 35.4 Å². The molecule has 6 heteroatoms. The minimum absolute atomic E-state index is 0. The van der Waals surface area contributed by atoms with Crippen LogP contribution in [-0.2, 0) is 6.54 Å². The number of benzene rings is 1. The van der Waals surface area contributed by atoms with E-state index in [2.05, 4.69) is 18.4 Å². The fourth-order valence-corrected chi connectivity index (χ4v) is 2.20.